The van der Waals surface area contributed by atoms with E-state index in [9.17, 15) is 4.79 Å². The number of hydrogen-bond acceptors (Lipinski definition) is 2. The molecule has 16 heavy (non-hydrogen) atoms. The van der Waals surface area contributed by atoms with Gasteiger partial charge in [-0.1, -0.05) is 6.92 Å². The van der Waals surface area contributed by atoms with Crippen molar-refractivity contribution in [1.82, 2.24) is 15.2 Å². The Kier molecular flexibility index (Phi) is 5.02. The second-order valence-electron chi connectivity index (χ2n) is 3.82. The van der Waals surface area contributed by atoms with Gasteiger partial charge in [-0.25, -0.2) is 0 Å². The Labute approximate surface area is 105 Å². The van der Waals surface area contributed by atoms with E-state index in [2.05, 4.69) is 26.6 Å². The van der Waals surface area contributed by atoms with E-state index < -0.39 is 0 Å². The number of aryl methyl sites for hydroxylation is 1. The van der Waals surface area contributed by atoms with Crippen LogP contribution < -0.4 is 10.6 Å². The molecule has 0 radical (unpaired) electrons. The van der Waals surface area contributed by atoms with Crippen molar-refractivity contribution in [2.75, 3.05) is 13.1 Å². The molecule has 1 amide bonds. The van der Waals surface area contributed by atoms with Crippen LogP contribution in [0.15, 0.2) is 16.7 Å². The summed E-state index contributed by atoms with van der Waals surface area (Å²) in [6.07, 6.45) is 1.86. The van der Waals surface area contributed by atoms with E-state index in [1.54, 1.807) is 4.57 Å². The maximum Gasteiger partial charge on any atom is 0.267 e. The van der Waals surface area contributed by atoms with Crippen molar-refractivity contribution in [3.8, 4) is 0 Å². The van der Waals surface area contributed by atoms with Crippen LogP contribution in [0.25, 0.3) is 0 Å². The Morgan fingerprint density at radius 1 is 1.62 bits per heavy atom. The van der Waals surface area contributed by atoms with Crippen LogP contribution in [0, 0.1) is 0 Å². The second kappa shape index (κ2) is 6.06. The van der Waals surface area contributed by atoms with E-state index >= 15 is 0 Å². The molecule has 4 nitrogen and oxygen atoms in total. The van der Waals surface area contributed by atoms with Crippen LogP contribution in [0.1, 0.15) is 24.3 Å². The summed E-state index contributed by atoms with van der Waals surface area (Å²) in [5.41, 5.74) is 0.663. The molecular formula is C11H18BrN3O. The quantitative estimate of drug-likeness (QED) is 0.863. The van der Waals surface area contributed by atoms with Crippen molar-refractivity contribution in [2.24, 2.45) is 7.05 Å². The standard InChI is InChI=1S/C11H18BrN3O/c1-4-13-8(2)6-14-11(16)10-5-9(12)7-15(10)3/h5,7-8,13H,4,6H2,1-3H3,(H,14,16)/t8-/m1/s1. The van der Waals surface area contributed by atoms with Gasteiger partial charge in [-0.05, 0) is 35.5 Å². The molecule has 1 aromatic rings. The molecule has 1 aromatic heterocycles. The third-order valence-electron chi connectivity index (χ3n) is 2.33. The van der Waals surface area contributed by atoms with Crippen molar-refractivity contribution in [1.29, 1.82) is 0 Å². The minimum Gasteiger partial charge on any atom is -0.349 e. The maximum absolute atomic E-state index is 11.8. The molecule has 5 heteroatoms. The third kappa shape index (κ3) is 3.64. The first-order valence-corrected chi connectivity index (χ1v) is 6.17. The summed E-state index contributed by atoms with van der Waals surface area (Å²) in [7, 11) is 1.85. The number of amides is 1. The zero-order valence-electron chi connectivity index (χ0n) is 9.88. The summed E-state index contributed by atoms with van der Waals surface area (Å²) in [5, 5.41) is 6.14. The van der Waals surface area contributed by atoms with Crippen LogP contribution in [0.5, 0.6) is 0 Å². The number of likely N-dealkylation sites (N-methyl/N-ethyl adjacent to an activating group) is 1. The topological polar surface area (TPSA) is 46.1 Å². The molecule has 0 aromatic carbocycles. The summed E-state index contributed by atoms with van der Waals surface area (Å²) in [5.74, 6) is -0.0436. The zero-order valence-corrected chi connectivity index (χ0v) is 11.5. The van der Waals surface area contributed by atoms with Crippen molar-refractivity contribution in [3.05, 3.63) is 22.4 Å². The average molecular weight is 288 g/mol. The summed E-state index contributed by atoms with van der Waals surface area (Å²) in [6, 6.07) is 2.10. The normalized spacial score (nSPS) is 12.5. The fourth-order valence-corrected chi connectivity index (χ4v) is 2.03. The number of nitrogens with zero attached hydrogens (tertiary/aromatic N) is 1. The fourth-order valence-electron chi connectivity index (χ4n) is 1.51. The maximum atomic E-state index is 11.8. The highest BCUT2D eigenvalue weighted by molar-refractivity contribution is 9.10. The molecule has 0 bridgehead atoms. The molecule has 0 saturated carbocycles. The van der Waals surface area contributed by atoms with E-state index in [0.717, 1.165) is 11.0 Å². The van der Waals surface area contributed by atoms with Crippen LogP contribution >= 0.6 is 15.9 Å². The number of hydrogen-bond donors (Lipinski definition) is 2. The van der Waals surface area contributed by atoms with E-state index in [1.165, 1.54) is 0 Å². The summed E-state index contributed by atoms with van der Waals surface area (Å²) in [6.45, 7) is 5.64. The van der Waals surface area contributed by atoms with E-state index in [1.807, 2.05) is 33.2 Å². The van der Waals surface area contributed by atoms with E-state index in [-0.39, 0.29) is 11.9 Å². The molecule has 2 N–H and O–H groups in total. The van der Waals surface area contributed by atoms with Gasteiger partial charge >= 0.3 is 0 Å². The SMILES string of the molecule is CCN[C@H](C)CNC(=O)c1cc(Br)cn1C. The van der Waals surface area contributed by atoms with Crippen LogP contribution in [0.2, 0.25) is 0 Å². The smallest absolute Gasteiger partial charge is 0.267 e. The van der Waals surface area contributed by atoms with Gasteiger partial charge in [-0.15, -0.1) is 0 Å². The summed E-state index contributed by atoms with van der Waals surface area (Å²) < 4.78 is 2.72. The third-order valence-corrected chi connectivity index (χ3v) is 2.76. The van der Waals surface area contributed by atoms with Gasteiger partial charge in [0.25, 0.3) is 5.91 Å². The minimum absolute atomic E-state index is 0.0436. The van der Waals surface area contributed by atoms with Crippen molar-refractivity contribution >= 4 is 21.8 Å². The Morgan fingerprint density at radius 3 is 2.81 bits per heavy atom. The monoisotopic (exact) mass is 287 g/mol. The highest BCUT2D eigenvalue weighted by Crippen LogP contribution is 2.13. The lowest BCUT2D eigenvalue weighted by Gasteiger charge is -2.13. The Morgan fingerprint density at radius 2 is 2.31 bits per heavy atom. The Hall–Kier alpha value is -0.810. The van der Waals surface area contributed by atoms with Crippen LogP contribution in [-0.2, 0) is 7.05 Å². The molecule has 0 aliphatic rings. The van der Waals surface area contributed by atoms with Crippen molar-refractivity contribution < 1.29 is 4.79 Å². The molecule has 0 fully saturated rings. The predicted octanol–water partition coefficient (Wildman–Crippen LogP) is 1.52. The highest BCUT2D eigenvalue weighted by atomic mass is 79.9. The fraction of sp³-hybridized carbons (Fsp3) is 0.545. The highest BCUT2D eigenvalue weighted by Gasteiger charge is 2.11. The molecule has 0 saturated heterocycles. The first-order valence-electron chi connectivity index (χ1n) is 5.38. The van der Waals surface area contributed by atoms with Crippen LogP contribution in [0.4, 0.5) is 0 Å². The van der Waals surface area contributed by atoms with Gasteiger partial charge in [0, 0.05) is 30.3 Å². The van der Waals surface area contributed by atoms with Gasteiger partial charge < -0.3 is 15.2 Å². The van der Waals surface area contributed by atoms with Gasteiger partial charge in [0.1, 0.15) is 5.69 Å². The van der Waals surface area contributed by atoms with Gasteiger partial charge in [0.15, 0.2) is 0 Å². The summed E-state index contributed by atoms with van der Waals surface area (Å²) >= 11 is 3.34. The van der Waals surface area contributed by atoms with Crippen LogP contribution in [-0.4, -0.2) is 29.6 Å². The summed E-state index contributed by atoms with van der Waals surface area (Å²) in [4.78, 5) is 11.8. The van der Waals surface area contributed by atoms with Crippen molar-refractivity contribution in [2.45, 2.75) is 19.9 Å². The number of nitrogens with one attached hydrogen (secondary N) is 2. The lowest BCUT2D eigenvalue weighted by molar-refractivity contribution is 0.0942. The predicted molar refractivity (Wildman–Crippen MR) is 68.6 cm³/mol. The van der Waals surface area contributed by atoms with Gasteiger partial charge in [0.05, 0.1) is 0 Å². The Balaban J connectivity index is 2.50. The molecule has 1 rings (SSSR count). The number of aromatic nitrogens is 1. The first kappa shape index (κ1) is 13.3. The lowest BCUT2D eigenvalue weighted by Crippen LogP contribution is -2.39. The molecular weight excluding hydrogens is 270 g/mol. The minimum atomic E-state index is -0.0436. The number of rotatable bonds is 5. The van der Waals surface area contributed by atoms with Gasteiger partial charge in [-0.3, -0.25) is 4.79 Å². The first-order chi connectivity index (χ1) is 7.54. The molecule has 1 atom stereocenters. The number of carbonyl (C=O) groups excluding carboxylic acids is 1. The van der Waals surface area contributed by atoms with Gasteiger partial charge in [0.2, 0.25) is 0 Å². The molecule has 0 aliphatic heterocycles. The zero-order chi connectivity index (χ0) is 12.1. The Bertz CT molecular complexity index is 362. The molecule has 0 unspecified atom stereocenters. The molecule has 0 spiro atoms. The number of halogens is 1. The van der Waals surface area contributed by atoms with Crippen LogP contribution in [0.3, 0.4) is 0 Å². The van der Waals surface area contributed by atoms with E-state index in [4.69, 9.17) is 0 Å². The lowest BCUT2D eigenvalue weighted by atomic mass is 10.3. The van der Waals surface area contributed by atoms with E-state index in [0.29, 0.717) is 12.2 Å². The molecule has 1 heterocycles. The van der Waals surface area contributed by atoms with Gasteiger partial charge in [-0.2, -0.15) is 0 Å². The molecule has 0 aliphatic carbocycles. The largest absolute Gasteiger partial charge is 0.349 e. The second-order valence-corrected chi connectivity index (χ2v) is 4.74. The molecule has 90 valence electrons. The van der Waals surface area contributed by atoms with Crippen molar-refractivity contribution in [3.63, 3.8) is 0 Å². The number of carbonyl (C=O) groups is 1. The average Bonchev–Trinajstić information content (AvgIpc) is 2.55.